The molecule has 2 amide bonds. The first-order valence-corrected chi connectivity index (χ1v) is 10.4. The first kappa shape index (κ1) is 18.7. The molecule has 3 aromatic rings. The summed E-state index contributed by atoms with van der Waals surface area (Å²) in [5.41, 5.74) is 11.1. The molecule has 3 heterocycles. The summed E-state index contributed by atoms with van der Waals surface area (Å²) in [6.45, 7) is 1.05. The molecule has 0 bridgehead atoms. The average molecular weight is 405 g/mol. The Bertz CT molecular complexity index is 1120. The van der Waals surface area contributed by atoms with Crippen LogP contribution in [0.3, 0.4) is 0 Å². The molecule has 0 saturated heterocycles. The Morgan fingerprint density at radius 2 is 1.77 bits per heavy atom. The van der Waals surface area contributed by atoms with Crippen LogP contribution in [0, 0.1) is 0 Å². The molecule has 1 aromatic carbocycles. The molecule has 5 rings (SSSR count). The Morgan fingerprint density at radius 1 is 1.03 bits per heavy atom. The van der Waals surface area contributed by atoms with Crippen LogP contribution < -0.4 is 5.73 Å². The highest BCUT2D eigenvalue weighted by Crippen LogP contribution is 2.30. The maximum absolute atomic E-state index is 12.3. The van der Waals surface area contributed by atoms with E-state index in [2.05, 4.69) is 14.5 Å². The monoisotopic (exact) mass is 405 g/mol. The second kappa shape index (κ2) is 7.53. The number of hydroxylamine groups is 2. The van der Waals surface area contributed by atoms with Gasteiger partial charge in [-0.25, -0.2) is 9.97 Å². The highest BCUT2D eigenvalue weighted by molar-refractivity contribution is 6.20. The Balaban J connectivity index is 1.21. The molecule has 2 aliphatic rings. The molecular weight excluding hydrogens is 382 g/mol. The number of aromatic nitrogens is 3. The molecular formula is C22H23N5O3. The maximum Gasteiger partial charge on any atom is 0.285 e. The minimum atomic E-state index is -0.397. The fraction of sp³-hybridized carbons (Fsp3) is 0.364. The summed E-state index contributed by atoms with van der Waals surface area (Å²) in [6.07, 6.45) is 7.63. The zero-order valence-electron chi connectivity index (χ0n) is 16.6. The third-order valence-electron chi connectivity index (χ3n) is 5.83. The number of nitrogen functional groups attached to an aromatic ring is 1. The lowest BCUT2D eigenvalue weighted by Gasteiger charge is -2.18. The maximum atomic E-state index is 12.3. The van der Waals surface area contributed by atoms with Crippen molar-refractivity contribution in [2.75, 3.05) is 12.3 Å². The number of rotatable bonds is 6. The molecule has 1 aliphatic carbocycles. The van der Waals surface area contributed by atoms with Gasteiger partial charge >= 0.3 is 0 Å². The zero-order valence-corrected chi connectivity index (χ0v) is 16.6. The molecule has 0 spiro atoms. The van der Waals surface area contributed by atoms with Crippen LogP contribution >= 0.6 is 0 Å². The van der Waals surface area contributed by atoms with Gasteiger partial charge in [-0.3, -0.25) is 14.4 Å². The molecule has 8 heteroatoms. The van der Waals surface area contributed by atoms with Gasteiger partial charge in [0.1, 0.15) is 5.52 Å². The third kappa shape index (κ3) is 3.04. The molecule has 0 atom stereocenters. The summed E-state index contributed by atoms with van der Waals surface area (Å²) in [7, 11) is 0. The fourth-order valence-corrected chi connectivity index (χ4v) is 4.35. The minimum absolute atomic E-state index is 0.292. The van der Waals surface area contributed by atoms with Crippen molar-refractivity contribution in [2.45, 2.75) is 45.1 Å². The molecule has 154 valence electrons. The van der Waals surface area contributed by atoms with E-state index in [4.69, 9.17) is 10.6 Å². The Morgan fingerprint density at radius 3 is 2.53 bits per heavy atom. The number of nitrogens with two attached hydrogens (primary N) is 1. The van der Waals surface area contributed by atoms with E-state index < -0.39 is 11.8 Å². The van der Waals surface area contributed by atoms with Gasteiger partial charge in [-0.2, -0.15) is 0 Å². The number of anilines is 1. The highest BCUT2D eigenvalue weighted by Gasteiger charge is 2.36. The van der Waals surface area contributed by atoms with Gasteiger partial charge in [-0.1, -0.05) is 12.1 Å². The van der Waals surface area contributed by atoms with Crippen molar-refractivity contribution in [2.24, 2.45) is 0 Å². The SMILES string of the molecule is Nc1nc2c(c3c1ncn3CCCCON1C(=O)c3ccccc3C1=O)CCCC2. The molecule has 2 aromatic heterocycles. The number of benzene rings is 1. The smallest absolute Gasteiger partial charge is 0.285 e. The number of hydrogen-bond donors (Lipinski definition) is 1. The van der Waals surface area contributed by atoms with Crippen LogP contribution in [0.4, 0.5) is 5.82 Å². The first-order valence-electron chi connectivity index (χ1n) is 10.4. The van der Waals surface area contributed by atoms with Crippen molar-refractivity contribution in [3.8, 4) is 0 Å². The summed E-state index contributed by atoms with van der Waals surface area (Å²) < 4.78 is 2.14. The lowest BCUT2D eigenvalue weighted by molar-refractivity contribution is -0.0923. The van der Waals surface area contributed by atoms with E-state index in [1.54, 1.807) is 24.3 Å². The summed E-state index contributed by atoms with van der Waals surface area (Å²) in [5.74, 6) is -0.296. The van der Waals surface area contributed by atoms with Crippen LogP contribution in [-0.4, -0.2) is 38.0 Å². The van der Waals surface area contributed by atoms with E-state index in [-0.39, 0.29) is 0 Å². The van der Waals surface area contributed by atoms with E-state index >= 15 is 0 Å². The van der Waals surface area contributed by atoms with Crippen LogP contribution in [0.25, 0.3) is 11.0 Å². The third-order valence-corrected chi connectivity index (χ3v) is 5.83. The zero-order chi connectivity index (χ0) is 20.7. The van der Waals surface area contributed by atoms with Gasteiger partial charge in [0.25, 0.3) is 11.8 Å². The molecule has 2 N–H and O–H groups in total. The summed E-state index contributed by atoms with van der Waals surface area (Å²) in [6, 6.07) is 6.77. The number of fused-ring (bicyclic) bond motifs is 4. The molecule has 30 heavy (non-hydrogen) atoms. The van der Waals surface area contributed by atoms with Crippen LogP contribution in [-0.2, 0) is 24.2 Å². The van der Waals surface area contributed by atoms with E-state index in [1.165, 1.54) is 5.56 Å². The van der Waals surface area contributed by atoms with Crippen LogP contribution in [0.1, 0.15) is 57.7 Å². The lowest BCUT2D eigenvalue weighted by Crippen LogP contribution is -2.30. The summed E-state index contributed by atoms with van der Waals surface area (Å²) in [5, 5.41) is 0.875. The van der Waals surface area contributed by atoms with Crippen molar-refractivity contribution in [1.82, 2.24) is 19.6 Å². The number of imidazole rings is 1. The number of hydrogen-bond acceptors (Lipinski definition) is 6. The van der Waals surface area contributed by atoms with Gasteiger partial charge in [-0.15, -0.1) is 5.06 Å². The average Bonchev–Trinajstić information content (AvgIpc) is 3.29. The number of aryl methyl sites for hydroxylation is 3. The second-order valence-corrected chi connectivity index (χ2v) is 7.76. The first-order chi connectivity index (χ1) is 14.6. The molecule has 0 saturated carbocycles. The van der Waals surface area contributed by atoms with Gasteiger partial charge in [-0.05, 0) is 56.2 Å². The van der Waals surface area contributed by atoms with Crippen LogP contribution in [0.15, 0.2) is 30.6 Å². The highest BCUT2D eigenvalue weighted by atomic mass is 16.7. The van der Waals surface area contributed by atoms with Gasteiger partial charge in [0, 0.05) is 12.2 Å². The number of amides is 2. The standard InChI is InChI=1S/C22H23N5O3/c23-20-18-19(16-9-3-4-10-17(16)25-20)26(13-24-18)11-5-6-12-30-27-21(28)14-7-1-2-8-15(14)22(27)29/h1-2,7-8,13H,3-6,9-12H2,(H2,23,25). The van der Waals surface area contributed by atoms with Crippen molar-refractivity contribution in [3.05, 3.63) is 53.0 Å². The topological polar surface area (TPSA) is 103 Å². The van der Waals surface area contributed by atoms with E-state index in [0.717, 1.165) is 60.4 Å². The van der Waals surface area contributed by atoms with Crippen molar-refractivity contribution >= 4 is 28.7 Å². The van der Waals surface area contributed by atoms with Gasteiger partial charge < -0.3 is 10.3 Å². The number of imide groups is 1. The van der Waals surface area contributed by atoms with E-state index in [9.17, 15) is 9.59 Å². The lowest BCUT2D eigenvalue weighted by atomic mass is 9.95. The van der Waals surface area contributed by atoms with Gasteiger partial charge in [0.15, 0.2) is 5.82 Å². The number of carbonyl (C=O) groups excluding carboxylic acids is 2. The normalized spacial score (nSPS) is 15.7. The van der Waals surface area contributed by atoms with Crippen molar-refractivity contribution in [1.29, 1.82) is 0 Å². The minimum Gasteiger partial charge on any atom is -0.382 e. The molecule has 8 nitrogen and oxygen atoms in total. The molecule has 1 aliphatic heterocycles. The Hall–Kier alpha value is -3.26. The summed E-state index contributed by atoms with van der Waals surface area (Å²) >= 11 is 0. The Labute approximate surface area is 173 Å². The molecule has 0 unspecified atom stereocenters. The second-order valence-electron chi connectivity index (χ2n) is 7.76. The number of nitrogens with zero attached hydrogens (tertiary/aromatic N) is 4. The predicted octanol–water partition coefficient (Wildman–Crippen LogP) is 2.90. The van der Waals surface area contributed by atoms with Crippen molar-refractivity contribution in [3.63, 3.8) is 0 Å². The largest absolute Gasteiger partial charge is 0.382 e. The van der Waals surface area contributed by atoms with Crippen LogP contribution in [0.2, 0.25) is 0 Å². The fourth-order valence-electron chi connectivity index (χ4n) is 4.35. The van der Waals surface area contributed by atoms with E-state index in [1.807, 2.05) is 6.33 Å². The predicted molar refractivity (Wildman–Crippen MR) is 111 cm³/mol. The number of pyridine rings is 1. The quantitative estimate of drug-likeness (QED) is 0.500. The number of unbranched alkanes of at least 4 members (excludes halogenated alkanes) is 1. The molecule has 0 radical (unpaired) electrons. The van der Waals surface area contributed by atoms with Gasteiger partial charge in [0.05, 0.1) is 29.6 Å². The Kier molecular flexibility index (Phi) is 4.71. The van der Waals surface area contributed by atoms with Gasteiger partial charge in [0.2, 0.25) is 0 Å². The summed E-state index contributed by atoms with van der Waals surface area (Å²) in [4.78, 5) is 39.2. The van der Waals surface area contributed by atoms with Crippen LogP contribution in [0.5, 0.6) is 0 Å². The number of carbonyl (C=O) groups is 2. The van der Waals surface area contributed by atoms with E-state index in [0.29, 0.717) is 30.0 Å². The van der Waals surface area contributed by atoms with Crippen molar-refractivity contribution < 1.29 is 14.4 Å². The molecule has 0 fully saturated rings.